The van der Waals surface area contributed by atoms with Gasteiger partial charge in [-0.2, -0.15) is 0 Å². The third kappa shape index (κ3) is 13.5. The lowest BCUT2D eigenvalue weighted by atomic mass is 9.47. The van der Waals surface area contributed by atoms with E-state index in [-0.39, 0.29) is 112 Å². The van der Waals surface area contributed by atoms with Crippen LogP contribution < -0.4 is 80.7 Å². The first-order valence-corrected chi connectivity index (χ1v) is 39.1. The molecule has 7 aliphatic heterocycles. The van der Waals surface area contributed by atoms with Gasteiger partial charge in [-0.15, -0.1) is 0 Å². The molecule has 25 nitrogen and oxygen atoms in total. The molecule has 1 saturated heterocycles. The van der Waals surface area contributed by atoms with Crippen LogP contribution in [0.1, 0.15) is 176 Å². The summed E-state index contributed by atoms with van der Waals surface area (Å²) in [5.41, 5.74) is 29.1. The maximum Gasteiger partial charge on any atom is 0.252 e. The Morgan fingerprint density at radius 1 is 0.505 bits per heavy atom. The maximum absolute atomic E-state index is 13.0. The average molecular weight is 1480 g/mol. The second kappa shape index (κ2) is 29.1. The minimum Gasteiger partial charge on any atom is -0.492 e. The highest BCUT2D eigenvalue weighted by atomic mass is 16.5. The molecule has 7 fully saturated rings. The average Bonchev–Trinajstić information content (AvgIpc) is 1.66. The molecule has 0 spiro atoms. The molecule has 7 atom stereocenters. The van der Waals surface area contributed by atoms with E-state index in [0.717, 1.165) is 229 Å². The standard InChI is InChI=1S/C29H35N5O3.C28H33N5O3.C25H30N6O3.2CH4/c1-27(30)18-29(32-15-21-13-20-3-2-12-37-23(20)16-31-21)10-8-28(27,9-11-29)14-22-17-33-24(35)6-4-19-5-7-25(36)34(22)26(19)33;29-23-14-27(13-21-17-32-24(34)5-3-18-4-6-25(35)33(21)26(18)32)7-9-28(23,10-8-27)31-15-20-12-19-2-1-11-36-22(19)16-30-20;26-20-15-29(8-7-21(20)28-11-18-10-17-2-1-9-34-22(17)12-27-18)13-19-14-30-23(32)5-3-16-4-6-24(33)31(19)25(16)30;;/h4-7,13,16,22,32H,2-3,8-12,14-15,17-18,30H2,1H3;3-6,12,16,21,23,31H,1-2,7-11,13-15,17,29H2;3-6,10,12,19-21,28H,1-2,7-9,11,13-15,26H2;2*1H4/t22-,27+,28?,29?;21-,23+,27?,28?;19-,20+,21?;;/m111../s1. The first kappa shape index (κ1) is 74.2. The van der Waals surface area contributed by atoms with Gasteiger partial charge < -0.3 is 47.4 Å². The zero-order chi connectivity index (χ0) is 73.1. The van der Waals surface area contributed by atoms with Gasteiger partial charge in [0.15, 0.2) is 0 Å². The van der Waals surface area contributed by atoms with Crippen LogP contribution in [0.5, 0.6) is 17.2 Å². The van der Waals surface area contributed by atoms with E-state index in [0.29, 0.717) is 39.3 Å². The molecule has 6 saturated carbocycles. The summed E-state index contributed by atoms with van der Waals surface area (Å²) < 4.78 is 27.9. The highest BCUT2D eigenvalue weighted by molar-refractivity contribution is 5.78. The molecule has 9 N–H and O–H groups in total. The van der Waals surface area contributed by atoms with Crippen molar-refractivity contribution in [2.45, 2.75) is 236 Å². The highest BCUT2D eigenvalue weighted by Crippen LogP contribution is 2.60. The topological polar surface area (TPSA) is 316 Å². The number of likely N-dealkylation sites (tertiary alicyclic amines) is 1. The van der Waals surface area contributed by atoms with Gasteiger partial charge in [0.05, 0.1) is 73.6 Å². The van der Waals surface area contributed by atoms with Crippen molar-refractivity contribution in [3.05, 3.63) is 205 Å². The Bertz CT molecular complexity index is 5350. The fourth-order valence-electron chi connectivity index (χ4n) is 21.2. The van der Waals surface area contributed by atoms with E-state index in [1.807, 2.05) is 52.0 Å². The normalized spacial score (nSPS) is 28.4. The van der Waals surface area contributed by atoms with Crippen molar-refractivity contribution in [3.8, 4) is 17.2 Å². The van der Waals surface area contributed by atoms with Gasteiger partial charge in [-0.05, 0) is 218 Å². The van der Waals surface area contributed by atoms with Crippen molar-refractivity contribution in [1.29, 1.82) is 0 Å². The van der Waals surface area contributed by atoms with Crippen LogP contribution in [-0.4, -0.2) is 121 Å². The van der Waals surface area contributed by atoms with E-state index in [9.17, 15) is 28.8 Å². The highest BCUT2D eigenvalue weighted by Gasteiger charge is 2.60. The summed E-state index contributed by atoms with van der Waals surface area (Å²) in [7, 11) is 0. The summed E-state index contributed by atoms with van der Waals surface area (Å²) in [6, 6.07) is 27.2. The molecular formula is C84H106N16O9. The molecule has 109 heavy (non-hydrogen) atoms. The molecule has 25 heteroatoms. The van der Waals surface area contributed by atoms with E-state index in [2.05, 4.69) is 60.9 Å². The van der Waals surface area contributed by atoms with Gasteiger partial charge in [0, 0.05) is 140 Å². The largest absolute Gasteiger partial charge is 0.492 e. The van der Waals surface area contributed by atoms with Crippen molar-refractivity contribution in [3.63, 3.8) is 0 Å². The minimum absolute atomic E-state index is 0. The van der Waals surface area contributed by atoms with Crippen LogP contribution in [0.4, 0.5) is 0 Å². The molecule has 6 aliphatic carbocycles. The molecular weight excluding hydrogens is 1380 g/mol. The molecule has 9 aromatic heterocycles. The SMILES string of the molecule is C.C.C[C@]1(N)CC2(NCc3cc4c(cn3)OCCC4)CCC1(C[C@@H]1Cn3c(=O)ccc4ccc(=O)n1c43)CC2.N[C@H]1CC2(C[C@@H]3Cn4c(=O)ccc5ccc(=O)n3c54)CCC1(NCc1cc3c(cn1)OCCC3)CC2.N[C@H]1CN(C[C@@H]2Cn3c(=O)ccc4ccc(=O)n2c43)CCC1NCc1cc2c(cn1)OCCC2. The number of piperidine rings is 1. The minimum atomic E-state index is -0.370. The Balaban J connectivity index is 0.000000123. The Labute approximate surface area is 633 Å². The summed E-state index contributed by atoms with van der Waals surface area (Å²) in [5, 5.41) is 14.1. The number of aromatic nitrogens is 9. The second-order valence-electron chi connectivity index (χ2n) is 33.4. The van der Waals surface area contributed by atoms with Crippen LogP contribution >= 0.6 is 0 Å². The van der Waals surface area contributed by atoms with Crippen molar-refractivity contribution in [1.82, 2.24) is 63.2 Å². The van der Waals surface area contributed by atoms with Crippen LogP contribution in [0.3, 0.4) is 0 Å². The van der Waals surface area contributed by atoms with E-state index in [1.165, 1.54) is 16.7 Å². The summed E-state index contributed by atoms with van der Waals surface area (Å²) in [5.74, 6) is 2.76. The molecule has 0 amide bonds. The quantitative estimate of drug-likeness (QED) is 0.0576. The van der Waals surface area contributed by atoms with Crippen molar-refractivity contribution >= 4 is 33.1 Å². The van der Waals surface area contributed by atoms with E-state index >= 15 is 0 Å². The number of nitrogens with zero attached hydrogens (tertiary/aromatic N) is 10. The van der Waals surface area contributed by atoms with Crippen LogP contribution in [0.25, 0.3) is 33.1 Å². The number of fused-ring (bicyclic) bond motifs is 9. The van der Waals surface area contributed by atoms with E-state index in [1.54, 1.807) is 66.8 Å². The predicted octanol–water partition coefficient (Wildman–Crippen LogP) is 7.59. The molecule has 4 bridgehead atoms. The molecule has 13 aliphatic rings. The lowest BCUT2D eigenvalue weighted by Gasteiger charge is -2.63. The smallest absolute Gasteiger partial charge is 0.252 e. The number of nitrogens with two attached hydrogens (primary N) is 3. The van der Waals surface area contributed by atoms with Gasteiger partial charge in [0.25, 0.3) is 33.4 Å². The van der Waals surface area contributed by atoms with Gasteiger partial charge >= 0.3 is 0 Å². The number of hydrogen-bond donors (Lipinski definition) is 6. The van der Waals surface area contributed by atoms with Gasteiger partial charge in [0.2, 0.25) is 0 Å². The fourth-order valence-corrected chi connectivity index (χ4v) is 21.2. The fraction of sp³-hybridized carbons (Fsp3) is 0.536. The number of hydrogen-bond acceptors (Lipinski definition) is 19. The number of rotatable bonds is 15. The zero-order valence-corrected chi connectivity index (χ0v) is 61.2. The van der Waals surface area contributed by atoms with Crippen LogP contribution in [0.2, 0.25) is 0 Å². The Kier molecular flexibility index (Phi) is 19.8. The number of nitrogens with one attached hydrogen (secondary N) is 3. The van der Waals surface area contributed by atoms with Gasteiger partial charge in [-0.3, -0.25) is 76.0 Å². The monoisotopic (exact) mass is 1480 g/mol. The van der Waals surface area contributed by atoms with E-state index in [4.69, 9.17) is 31.4 Å². The van der Waals surface area contributed by atoms with Crippen LogP contribution in [0, 0.1) is 10.8 Å². The second-order valence-corrected chi connectivity index (χ2v) is 33.4. The Hall–Kier alpha value is -8.95. The Morgan fingerprint density at radius 2 is 0.936 bits per heavy atom. The number of pyridine rings is 9. The summed E-state index contributed by atoms with van der Waals surface area (Å²) in [4.78, 5) is 92.3. The lowest BCUT2D eigenvalue weighted by molar-refractivity contribution is -0.0622. The lowest BCUT2D eigenvalue weighted by Crippen LogP contribution is -2.69. The molecule has 576 valence electrons. The number of aryl methyl sites for hydroxylation is 3. The first-order valence-electron chi connectivity index (χ1n) is 39.1. The van der Waals surface area contributed by atoms with E-state index < -0.39 is 0 Å². The van der Waals surface area contributed by atoms with Crippen molar-refractivity contribution in [2.75, 3.05) is 39.5 Å². The summed E-state index contributed by atoms with van der Waals surface area (Å²) in [6.45, 7) is 10.6. The van der Waals surface area contributed by atoms with Crippen molar-refractivity contribution < 1.29 is 14.2 Å². The third-order valence-electron chi connectivity index (χ3n) is 27.0. The van der Waals surface area contributed by atoms with Gasteiger partial charge in [-0.1, -0.05) is 14.9 Å². The van der Waals surface area contributed by atoms with Crippen LogP contribution in [-0.2, 0) is 58.5 Å². The number of ether oxygens (including phenoxy) is 3. The molecule has 0 aromatic carbocycles. The summed E-state index contributed by atoms with van der Waals surface area (Å²) >= 11 is 0. The van der Waals surface area contributed by atoms with Crippen molar-refractivity contribution in [2.24, 2.45) is 28.0 Å². The Morgan fingerprint density at radius 3 is 1.39 bits per heavy atom. The van der Waals surface area contributed by atoms with Crippen LogP contribution in [0.15, 0.2) is 138 Å². The zero-order valence-electron chi connectivity index (χ0n) is 61.2. The molecule has 1 unspecified atom stereocenters. The summed E-state index contributed by atoms with van der Waals surface area (Å²) in [6.07, 6.45) is 24.7. The molecule has 0 radical (unpaired) electrons. The molecule has 9 aromatic rings. The van der Waals surface area contributed by atoms with Gasteiger partial charge in [-0.25, -0.2) is 0 Å². The predicted molar refractivity (Wildman–Crippen MR) is 422 cm³/mol. The first-order chi connectivity index (χ1) is 51.8. The maximum atomic E-state index is 13.0. The third-order valence-corrected chi connectivity index (χ3v) is 27.0. The molecule has 22 rings (SSSR count). The van der Waals surface area contributed by atoms with Gasteiger partial charge in [0.1, 0.15) is 34.2 Å². The molecule has 16 heterocycles.